The molecule has 0 aromatic heterocycles. The minimum atomic E-state index is -0.532. The number of hydrogen-bond acceptors (Lipinski definition) is 1. The average Bonchev–Trinajstić information content (AvgIpc) is 2.33. The Balaban J connectivity index is 2.53. The number of benzene rings is 2. The number of rotatable bonds is 2. The topological polar surface area (TPSA) is 17.1 Å². The highest BCUT2D eigenvalue weighted by atomic mass is 79.9. The first-order chi connectivity index (χ1) is 8.90. The highest BCUT2D eigenvalue weighted by molar-refractivity contribution is 9.10. The maximum absolute atomic E-state index is 13.5. The highest BCUT2D eigenvalue weighted by Gasteiger charge is 2.17. The predicted molar refractivity (Wildman–Crippen MR) is 73.7 cm³/mol. The molecule has 0 amide bonds. The van der Waals surface area contributed by atoms with E-state index in [0.717, 1.165) is 18.2 Å². The van der Waals surface area contributed by atoms with Crippen LogP contribution < -0.4 is 0 Å². The van der Waals surface area contributed by atoms with Crippen molar-refractivity contribution < 1.29 is 13.6 Å². The summed E-state index contributed by atoms with van der Waals surface area (Å²) in [5, 5.41) is -0.00196. The van der Waals surface area contributed by atoms with Crippen LogP contribution in [-0.4, -0.2) is 5.78 Å². The van der Waals surface area contributed by atoms with E-state index in [1.54, 1.807) is 6.92 Å². The van der Waals surface area contributed by atoms with Gasteiger partial charge in [-0.05, 0) is 42.8 Å². The van der Waals surface area contributed by atoms with Gasteiger partial charge in [0.05, 0.1) is 5.02 Å². The van der Waals surface area contributed by atoms with Crippen LogP contribution in [0.15, 0.2) is 34.8 Å². The zero-order valence-electron chi connectivity index (χ0n) is 9.81. The standard InChI is InChI=1S/C14H8BrClF2O/c1-7-4-11(15)10(6-13(7)18)14(19)9-3-2-8(17)5-12(9)16/h2-6H,1H3. The van der Waals surface area contributed by atoms with Gasteiger partial charge in [-0.15, -0.1) is 0 Å². The Morgan fingerprint density at radius 2 is 1.84 bits per heavy atom. The van der Waals surface area contributed by atoms with E-state index in [1.165, 1.54) is 12.1 Å². The van der Waals surface area contributed by atoms with E-state index in [-0.39, 0.29) is 16.1 Å². The third-order valence-electron chi connectivity index (χ3n) is 2.67. The summed E-state index contributed by atoms with van der Waals surface area (Å²) in [5.74, 6) is -1.48. The van der Waals surface area contributed by atoms with Gasteiger partial charge in [0.15, 0.2) is 5.78 Å². The molecule has 2 rings (SSSR count). The molecule has 0 saturated carbocycles. The van der Waals surface area contributed by atoms with Crippen LogP contribution in [0.25, 0.3) is 0 Å². The van der Waals surface area contributed by atoms with Crippen molar-refractivity contribution in [2.45, 2.75) is 6.92 Å². The van der Waals surface area contributed by atoms with Gasteiger partial charge in [0.2, 0.25) is 0 Å². The lowest BCUT2D eigenvalue weighted by Gasteiger charge is -2.07. The van der Waals surface area contributed by atoms with Crippen LogP contribution >= 0.6 is 27.5 Å². The molecule has 0 N–H and O–H groups in total. The van der Waals surface area contributed by atoms with E-state index in [0.29, 0.717) is 10.0 Å². The van der Waals surface area contributed by atoms with Gasteiger partial charge in [0.25, 0.3) is 0 Å². The number of aryl methyl sites for hydroxylation is 1. The molecule has 0 aliphatic carbocycles. The van der Waals surface area contributed by atoms with Crippen LogP contribution in [0.3, 0.4) is 0 Å². The van der Waals surface area contributed by atoms with Crippen molar-refractivity contribution in [3.63, 3.8) is 0 Å². The molecular formula is C14H8BrClF2O. The lowest BCUT2D eigenvalue weighted by Crippen LogP contribution is -2.05. The molecule has 0 heterocycles. The fourth-order valence-electron chi connectivity index (χ4n) is 1.64. The second kappa shape index (κ2) is 5.39. The molecule has 0 aliphatic rings. The van der Waals surface area contributed by atoms with Crippen LogP contribution in [0.4, 0.5) is 8.78 Å². The molecule has 0 radical (unpaired) electrons. The lowest BCUT2D eigenvalue weighted by atomic mass is 10.0. The summed E-state index contributed by atoms with van der Waals surface area (Å²) >= 11 is 9.04. The van der Waals surface area contributed by atoms with E-state index in [2.05, 4.69) is 15.9 Å². The molecule has 1 nitrogen and oxygen atoms in total. The predicted octanol–water partition coefficient (Wildman–Crippen LogP) is 4.92. The van der Waals surface area contributed by atoms with Crippen molar-refractivity contribution in [2.75, 3.05) is 0 Å². The molecular weight excluding hydrogens is 338 g/mol. The van der Waals surface area contributed by atoms with Crippen LogP contribution in [0, 0.1) is 18.6 Å². The zero-order chi connectivity index (χ0) is 14.2. The monoisotopic (exact) mass is 344 g/mol. The van der Waals surface area contributed by atoms with Gasteiger partial charge in [-0.1, -0.05) is 27.5 Å². The summed E-state index contributed by atoms with van der Waals surface area (Å²) in [6, 6.07) is 6.12. The van der Waals surface area contributed by atoms with Gasteiger partial charge in [-0.3, -0.25) is 4.79 Å². The van der Waals surface area contributed by atoms with Gasteiger partial charge in [0.1, 0.15) is 11.6 Å². The minimum Gasteiger partial charge on any atom is -0.289 e. The Morgan fingerprint density at radius 1 is 1.16 bits per heavy atom. The number of ketones is 1. The average molecular weight is 346 g/mol. The lowest BCUT2D eigenvalue weighted by molar-refractivity contribution is 0.103. The fourth-order valence-corrected chi connectivity index (χ4v) is 2.53. The van der Waals surface area contributed by atoms with E-state index >= 15 is 0 Å². The molecule has 2 aromatic carbocycles. The zero-order valence-corrected chi connectivity index (χ0v) is 12.1. The SMILES string of the molecule is Cc1cc(Br)c(C(=O)c2ccc(F)cc2Cl)cc1F. The van der Waals surface area contributed by atoms with E-state index in [1.807, 2.05) is 0 Å². The summed E-state index contributed by atoms with van der Waals surface area (Å²) in [6.45, 7) is 1.60. The molecule has 5 heteroatoms. The molecule has 0 unspecified atom stereocenters. The van der Waals surface area contributed by atoms with Crippen molar-refractivity contribution in [1.82, 2.24) is 0 Å². The minimum absolute atomic E-state index is 0.00196. The first-order valence-electron chi connectivity index (χ1n) is 5.35. The van der Waals surface area contributed by atoms with Crippen molar-refractivity contribution in [3.8, 4) is 0 Å². The van der Waals surface area contributed by atoms with E-state index < -0.39 is 17.4 Å². The Morgan fingerprint density at radius 3 is 2.47 bits per heavy atom. The summed E-state index contributed by atoms with van der Waals surface area (Å²) in [4.78, 5) is 12.3. The van der Waals surface area contributed by atoms with Crippen molar-refractivity contribution in [2.24, 2.45) is 0 Å². The quantitative estimate of drug-likeness (QED) is 0.706. The smallest absolute Gasteiger partial charge is 0.195 e. The van der Waals surface area contributed by atoms with Crippen LogP contribution in [0.1, 0.15) is 21.5 Å². The Kier molecular flexibility index (Phi) is 4.02. The summed E-state index contributed by atoms with van der Waals surface area (Å²) < 4.78 is 26.9. The van der Waals surface area contributed by atoms with Crippen molar-refractivity contribution in [1.29, 1.82) is 0 Å². The summed E-state index contributed by atoms with van der Waals surface area (Å²) in [6.07, 6.45) is 0. The van der Waals surface area contributed by atoms with Crippen molar-refractivity contribution >= 4 is 33.3 Å². The number of halogens is 4. The Bertz CT molecular complexity index is 671. The molecule has 0 aliphatic heterocycles. The van der Waals surface area contributed by atoms with Crippen LogP contribution in [-0.2, 0) is 0 Å². The second-order valence-electron chi connectivity index (χ2n) is 4.03. The number of carbonyl (C=O) groups excluding carboxylic acids is 1. The van der Waals surface area contributed by atoms with Crippen LogP contribution in [0.2, 0.25) is 5.02 Å². The van der Waals surface area contributed by atoms with Crippen LogP contribution in [0.5, 0.6) is 0 Å². The third kappa shape index (κ3) is 2.85. The van der Waals surface area contributed by atoms with Crippen molar-refractivity contribution in [3.05, 3.63) is 68.2 Å². The molecule has 19 heavy (non-hydrogen) atoms. The van der Waals surface area contributed by atoms with E-state index in [4.69, 9.17) is 11.6 Å². The van der Waals surface area contributed by atoms with Gasteiger partial charge in [-0.2, -0.15) is 0 Å². The second-order valence-corrected chi connectivity index (χ2v) is 5.30. The number of carbonyl (C=O) groups is 1. The molecule has 0 atom stereocenters. The Labute approximate surface area is 122 Å². The van der Waals surface area contributed by atoms with E-state index in [9.17, 15) is 13.6 Å². The molecule has 0 bridgehead atoms. The summed E-state index contributed by atoms with van der Waals surface area (Å²) in [7, 11) is 0. The molecule has 0 fully saturated rings. The molecule has 0 spiro atoms. The normalized spacial score (nSPS) is 10.6. The van der Waals surface area contributed by atoms with Gasteiger partial charge < -0.3 is 0 Å². The number of hydrogen-bond donors (Lipinski definition) is 0. The molecule has 2 aromatic rings. The van der Waals surface area contributed by atoms with Gasteiger partial charge in [-0.25, -0.2) is 8.78 Å². The fraction of sp³-hybridized carbons (Fsp3) is 0.0714. The van der Waals surface area contributed by atoms with Gasteiger partial charge >= 0.3 is 0 Å². The van der Waals surface area contributed by atoms with Gasteiger partial charge in [0, 0.05) is 15.6 Å². The maximum atomic E-state index is 13.5. The first kappa shape index (κ1) is 14.2. The largest absolute Gasteiger partial charge is 0.289 e. The molecule has 98 valence electrons. The first-order valence-corrected chi connectivity index (χ1v) is 6.52. The Hall–Kier alpha value is -1.26. The molecule has 0 saturated heterocycles. The highest BCUT2D eigenvalue weighted by Crippen LogP contribution is 2.26. The maximum Gasteiger partial charge on any atom is 0.195 e. The summed E-state index contributed by atoms with van der Waals surface area (Å²) in [5.41, 5.74) is 0.706. The third-order valence-corrected chi connectivity index (χ3v) is 3.64.